The van der Waals surface area contributed by atoms with Gasteiger partial charge < -0.3 is 14.8 Å². The first-order chi connectivity index (χ1) is 17.5. The summed E-state index contributed by atoms with van der Waals surface area (Å²) in [6.07, 6.45) is 1.31. The van der Waals surface area contributed by atoms with Gasteiger partial charge in [0.05, 0.1) is 25.5 Å². The Kier molecular flexibility index (Phi) is 8.90. The monoisotopic (exact) mass is 543 g/mol. The number of rotatable bonds is 11. The molecule has 1 N–H and O–H groups in total. The first kappa shape index (κ1) is 26.1. The first-order valence-electron chi connectivity index (χ1n) is 11.3. The van der Waals surface area contributed by atoms with E-state index < -0.39 is 0 Å². The summed E-state index contributed by atoms with van der Waals surface area (Å²) in [4.78, 5) is 30.4. The molecule has 0 radical (unpaired) electrons. The summed E-state index contributed by atoms with van der Waals surface area (Å²) in [5, 5.41) is 6.01. The summed E-state index contributed by atoms with van der Waals surface area (Å²) in [7, 11) is 3.19. The van der Waals surface area contributed by atoms with Crippen molar-refractivity contribution >= 4 is 50.8 Å². The van der Waals surface area contributed by atoms with Crippen LogP contribution in [0.5, 0.6) is 11.5 Å². The van der Waals surface area contributed by atoms with Crippen molar-refractivity contribution in [3.63, 3.8) is 0 Å². The molecule has 2 aromatic heterocycles. The Labute approximate surface area is 222 Å². The van der Waals surface area contributed by atoms with Crippen LogP contribution in [0.25, 0.3) is 10.2 Å². The lowest BCUT2D eigenvalue weighted by Gasteiger charge is -2.12. The molecule has 0 bridgehead atoms. The van der Waals surface area contributed by atoms with Gasteiger partial charge in [0.25, 0.3) is 5.56 Å². The number of methoxy groups -OCH3 is 2. The van der Waals surface area contributed by atoms with E-state index in [4.69, 9.17) is 21.1 Å². The number of aromatic nitrogens is 2. The summed E-state index contributed by atoms with van der Waals surface area (Å²) < 4.78 is 12.9. The maximum absolute atomic E-state index is 13.1. The van der Waals surface area contributed by atoms with E-state index in [1.54, 1.807) is 18.8 Å². The second-order valence-corrected chi connectivity index (χ2v) is 10.2. The van der Waals surface area contributed by atoms with Gasteiger partial charge >= 0.3 is 0 Å². The van der Waals surface area contributed by atoms with Crippen molar-refractivity contribution in [3.05, 3.63) is 80.4 Å². The topological polar surface area (TPSA) is 82.5 Å². The van der Waals surface area contributed by atoms with Gasteiger partial charge in [-0.1, -0.05) is 41.6 Å². The predicted molar refractivity (Wildman–Crippen MR) is 146 cm³/mol. The zero-order valence-electron chi connectivity index (χ0n) is 20.0. The minimum atomic E-state index is -0.121. The van der Waals surface area contributed by atoms with Crippen LogP contribution < -0.4 is 20.3 Å². The Morgan fingerprint density at radius 1 is 1.06 bits per heavy atom. The molecule has 2 aromatic carbocycles. The van der Waals surface area contributed by atoms with Crippen molar-refractivity contribution in [3.8, 4) is 11.5 Å². The van der Waals surface area contributed by atoms with Gasteiger partial charge in [-0.3, -0.25) is 14.2 Å². The number of amides is 1. The normalized spacial score (nSPS) is 11.0. The molecule has 36 heavy (non-hydrogen) atoms. The van der Waals surface area contributed by atoms with Crippen molar-refractivity contribution in [2.45, 2.75) is 24.5 Å². The molecule has 10 heteroatoms. The van der Waals surface area contributed by atoms with Crippen LogP contribution in [0.1, 0.15) is 11.1 Å². The number of benzene rings is 2. The van der Waals surface area contributed by atoms with Gasteiger partial charge in [0.1, 0.15) is 4.70 Å². The molecule has 188 valence electrons. The van der Waals surface area contributed by atoms with Gasteiger partial charge in [0, 0.05) is 18.1 Å². The molecule has 0 aliphatic carbocycles. The van der Waals surface area contributed by atoms with Crippen molar-refractivity contribution in [2.24, 2.45) is 0 Å². The van der Waals surface area contributed by atoms with Crippen molar-refractivity contribution < 1.29 is 14.3 Å². The van der Waals surface area contributed by atoms with Crippen LogP contribution in [0.2, 0.25) is 5.02 Å². The highest BCUT2D eigenvalue weighted by Crippen LogP contribution is 2.27. The Hall–Kier alpha value is -3.01. The summed E-state index contributed by atoms with van der Waals surface area (Å²) in [6.45, 7) is 0.944. The Balaban J connectivity index is 1.38. The fourth-order valence-electron chi connectivity index (χ4n) is 3.69. The zero-order chi connectivity index (χ0) is 25.5. The van der Waals surface area contributed by atoms with Crippen LogP contribution in [-0.4, -0.2) is 42.0 Å². The van der Waals surface area contributed by atoms with Crippen molar-refractivity contribution in [1.82, 2.24) is 14.9 Å². The predicted octanol–water partition coefficient (Wildman–Crippen LogP) is 4.82. The van der Waals surface area contributed by atoms with E-state index in [1.165, 1.54) is 23.1 Å². The number of carbonyl (C=O) groups excluding carboxylic acids is 1. The molecule has 0 saturated heterocycles. The van der Waals surface area contributed by atoms with Crippen LogP contribution >= 0.6 is 34.7 Å². The summed E-state index contributed by atoms with van der Waals surface area (Å²) in [5.74, 6) is 1.36. The number of nitrogens with zero attached hydrogens (tertiary/aromatic N) is 2. The van der Waals surface area contributed by atoms with Crippen LogP contribution in [0.15, 0.2) is 63.9 Å². The third-order valence-electron chi connectivity index (χ3n) is 5.58. The molecule has 2 heterocycles. The standard InChI is InChI=1S/C26H26ClN3O4S2/c1-33-21-8-5-18(15-22(21)34-2)9-12-28-23(31)16-36-26-29-20-11-14-35-24(20)25(32)30(26)13-10-17-3-6-19(27)7-4-17/h3-8,11,14-15H,9-10,12-13,16H2,1-2H3,(H,28,31). The van der Waals surface area contributed by atoms with Gasteiger partial charge in [-0.2, -0.15) is 0 Å². The molecule has 0 aliphatic heterocycles. The van der Waals surface area contributed by atoms with Crippen LogP contribution in [0, 0.1) is 0 Å². The lowest BCUT2D eigenvalue weighted by Crippen LogP contribution is -2.28. The number of aryl methyl sites for hydroxylation is 1. The average Bonchev–Trinajstić information content (AvgIpc) is 3.37. The van der Waals surface area contributed by atoms with Crippen molar-refractivity contribution in [2.75, 3.05) is 26.5 Å². The number of thiophene rings is 1. The van der Waals surface area contributed by atoms with E-state index >= 15 is 0 Å². The minimum absolute atomic E-state index is 0.0830. The quantitative estimate of drug-likeness (QED) is 0.216. The molecule has 7 nitrogen and oxygen atoms in total. The van der Waals surface area contributed by atoms with Gasteiger partial charge in [0.2, 0.25) is 5.91 Å². The highest BCUT2D eigenvalue weighted by molar-refractivity contribution is 7.99. The molecule has 0 spiro atoms. The number of nitrogens with one attached hydrogen (secondary N) is 1. The third-order valence-corrected chi connectivity index (χ3v) is 7.70. The second kappa shape index (κ2) is 12.3. The van der Waals surface area contributed by atoms with Gasteiger partial charge in [-0.15, -0.1) is 11.3 Å². The molecule has 0 fully saturated rings. The number of hydrogen-bond donors (Lipinski definition) is 1. The van der Waals surface area contributed by atoms with E-state index in [2.05, 4.69) is 10.3 Å². The maximum Gasteiger partial charge on any atom is 0.272 e. The SMILES string of the molecule is COc1ccc(CCNC(=O)CSc2nc3ccsc3c(=O)n2CCc2ccc(Cl)cc2)cc1OC. The second-order valence-electron chi connectivity index (χ2n) is 7.94. The van der Waals surface area contributed by atoms with E-state index in [0.717, 1.165) is 11.1 Å². The first-order valence-corrected chi connectivity index (χ1v) is 13.6. The number of fused-ring (bicyclic) bond motifs is 1. The summed E-state index contributed by atoms with van der Waals surface area (Å²) in [5.41, 5.74) is 2.67. The van der Waals surface area contributed by atoms with E-state index in [1.807, 2.05) is 53.9 Å². The lowest BCUT2D eigenvalue weighted by atomic mass is 10.1. The van der Waals surface area contributed by atoms with Gasteiger partial charge in [-0.05, 0) is 59.7 Å². The fraction of sp³-hybridized carbons (Fsp3) is 0.269. The highest BCUT2D eigenvalue weighted by atomic mass is 35.5. The molecule has 1 amide bonds. The number of carbonyl (C=O) groups is 1. The fourth-order valence-corrected chi connectivity index (χ4v) is 5.45. The van der Waals surface area contributed by atoms with Crippen molar-refractivity contribution in [1.29, 1.82) is 0 Å². The Morgan fingerprint density at radius 2 is 1.81 bits per heavy atom. The number of ether oxygens (including phenoxy) is 2. The van der Waals surface area contributed by atoms with Gasteiger partial charge in [0.15, 0.2) is 16.7 Å². The van der Waals surface area contributed by atoms with Crippen LogP contribution in [-0.2, 0) is 24.2 Å². The van der Waals surface area contributed by atoms with Crippen LogP contribution in [0.4, 0.5) is 0 Å². The number of thioether (sulfide) groups is 1. The largest absolute Gasteiger partial charge is 0.493 e. The number of hydrogen-bond acceptors (Lipinski definition) is 7. The van der Waals surface area contributed by atoms with E-state index in [-0.39, 0.29) is 17.2 Å². The molecule has 0 aliphatic rings. The van der Waals surface area contributed by atoms with Gasteiger partial charge in [-0.25, -0.2) is 4.98 Å². The molecule has 0 saturated carbocycles. The summed E-state index contributed by atoms with van der Waals surface area (Å²) >= 11 is 8.63. The Morgan fingerprint density at radius 3 is 2.56 bits per heavy atom. The molecule has 4 rings (SSSR count). The Bertz CT molecular complexity index is 1400. The molecule has 0 unspecified atom stereocenters. The zero-order valence-corrected chi connectivity index (χ0v) is 22.3. The highest BCUT2D eigenvalue weighted by Gasteiger charge is 2.14. The molecular formula is C26H26ClN3O4S2. The molecule has 4 aromatic rings. The number of halogens is 1. The van der Waals surface area contributed by atoms with E-state index in [9.17, 15) is 9.59 Å². The maximum atomic E-state index is 13.1. The smallest absolute Gasteiger partial charge is 0.272 e. The third kappa shape index (κ3) is 6.40. The van der Waals surface area contributed by atoms with Crippen LogP contribution in [0.3, 0.4) is 0 Å². The average molecular weight is 544 g/mol. The minimum Gasteiger partial charge on any atom is -0.493 e. The lowest BCUT2D eigenvalue weighted by molar-refractivity contribution is -0.118. The summed E-state index contributed by atoms with van der Waals surface area (Å²) in [6, 6.07) is 15.1. The van der Waals surface area contributed by atoms with E-state index in [0.29, 0.717) is 57.8 Å². The molecular weight excluding hydrogens is 518 g/mol. The molecule has 0 atom stereocenters.